The van der Waals surface area contributed by atoms with Gasteiger partial charge in [-0.25, -0.2) is 9.97 Å². The lowest BCUT2D eigenvalue weighted by molar-refractivity contribution is 0.422. The molecular weight excluding hydrogens is 212 g/mol. The van der Waals surface area contributed by atoms with Crippen molar-refractivity contribution in [2.24, 2.45) is 11.8 Å². The molecule has 1 fully saturated rings. The maximum Gasteiger partial charge on any atom is 0.137 e. The highest BCUT2D eigenvalue weighted by atomic mass is 15.2. The lowest BCUT2D eigenvalue weighted by Crippen LogP contribution is -2.24. The first-order chi connectivity index (χ1) is 7.99. The van der Waals surface area contributed by atoms with Crippen molar-refractivity contribution >= 4 is 11.6 Å². The zero-order valence-electron chi connectivity index (χ0n) is 11.2. The molecule has 0 amide bonds. The van der Waals surface area contributed by atoms with Gasteiger partial charge in [-0.15, -0.1) is 0 Å². The Morgan fingerprint density at radius 1 is 1.29 bits per heavy atom. The highest BCUT2D eigenvalue weighted by molar-refractivity contribution is 5.56. The molecule has 2 N–H and O–H groups in total. The van der Waals surface area contributed by atoms with Crippen LogP contribution in [0.5, 0.6) is 0 Å². The topological polar surface area (TPSA) is 55.0 Å². The second-order valence-electron chi connectivity index (χ2n) is 5.34. The van der Waals surface area contributed by atoms with Crippen molar-refractivity contribution < 1.29 is 0 Å². The largest absolute Gasteiger partial charge is 0.383 e. The molecule has 0 aromatic carbocycles. The molecule has 0 spiro atoms. The molecule has 1 aliphatic rings. The molecule has 1 aliphatic heterocycles. The number of aryl methyl sites for hydroxylation is 1. The highest BCUT2D eigenvalue weighted by Gasteiger charge is 2.27. The summed E-state index contributed by atoms with van der Waals surface area (Å²) in [5, 5.41) is 0. The lowest BCUT2D eigenvalue weighted by Gasteiger charge is -2.21. The number of nitrogen functional groups attached to an aromatic ring is 1. The Bertz CT molecular complexity index is 414. The first kappa shape index (κ1) is 12.1. The van der Waals surface area contributed by atoms with Gasteiger partial charge in [-0.2, -0.15) is 0 Å². The third-order valence-electron chi connectivity index (χ3n) is 3.74. The predicted octanol–water partition coefficient (Wildman–Crippen LogP) is 2.16. The minimum absolute atomic E-state index is 0.612. The molecule has 1 aromatic rings. The predicted molar refractivity (Wildman–Crippen MR) is 71.1 cm³/mol. The molecular formula is C13H22N4. The average molecular weight is 234 g/mol. The summed E-state index contributed by atoms with van der Waals surface area (Å²) in [5.74, 6) is 3.90. The Kier molecular flexibility index (Phi) is 3.22. The molecule has 94 valence electrons. The van der Waals surface area contributed by atoms with E-state index in [9.17, 15) is 0 Å². The minimum atomic E-state index is 0.612. The van der Waals surface area contributed by atoms with Gasteiger partial charge in [-0.05, 0) is 32.1 Å². The third kappa shape index (κ3) is 2.35. The molecule has 2 rings (SSSR count). The smallest absolute Gasteiger partial charge is 0.137 e. The number of nitrogens with two attached hydrogens (primary N) is 1. The minimum Gasteiger partial charge on any atom is -0.383 e. The fourth-order valence-electron chi connectivity index (χ4n) is 2.47. The van der Waals surface area contributed by atoms with Gasteiger partial charge in [0, 0.05) is 18.7 Å². The van der Waals surface area contributed by atoms with E-state index in [0.717, 1.165) is 42.1 Å². The van der Waals surface area contributed by atoms with Crippen molar-refractivity contribution in [2.75, 3.05) is 23.7 Å². The van der Waals surface area contributed by atoms with E-state index in [4.69, 9.17) is 5.73 Å². The van der Waals surface area contributed by atoms with E-state index in [1.165, 1.54) is 6.42 Å². The molecule has 0 radical (unpaired) electrons. The van der Waals surface area contributed by atoms with Crippen LogP contribution in [0.25, 0.3) is 0 Å². The average Bonchev–Trinajstić information content (AvgIpc) is 2.72. The van der Waals surface area contributed by atoms with Gasteiger partial charge in [0.1, 0.15) is 17.5 Å². The second-order valence-corrected chi connectivity index (χ2v) is 5.34. The van der Waals surface area contributed by atoms with Crippen LogP contribution in [0.4, 0.5) is 11.6 Å². The van der Waals surface area contributed by atoms with Crippen molar-refractivity contribution in [3.63, 3.8) is 0 Å². The quantitative estimate of drug-likeness (QED) is 0.852. The van der Waals surface area contributed by atoms with Crippen LogP contribution < -0.4 is 10.6 Å². The molecule has 1 aromatic heterocycles. The van der Waals surface area contributed by atoms with Crippen molar-refractivity contribution in [3.05, 3.63) is 11.4 Å². The van der Waals surface area contributed by atoms with Gasteiger partial charge < -0.3 is 10.6 Å². The number of nitrogens with zero attached hydrogens (tertiary/aromatic N) is 3. The van der Waals surface area contributed by atoms with Gasteiger partial charge >= 0.3 is 0 Å². The molecule has 17 heavy (non-hydrogen) atoms. The van der Waals surface area contributed by atoms with E-state index >= 15 is 0 Å². The number of anilines is 2. The number of aromatic nitrogens is 2. The van der Waals surface area contributed by atoms with Gasteiger partial charge in [0.15, 0.2) is 0 Å². The van der Waals surface area contributed by atoms with Crippen molar-refractivity contribution in [1.29, 1.82) is 0 Å². The van der Waals surface area contributed by atoms with Crippen molar-refractivity contribution in [2.45, 2.75) is 34.1 Å². The summed E-state index contributed by atoms with van der Waals surface area (Å²) in [6.45, 7) is 10.7. The summed E-state index contributed by atoms with van der Waals surface area (Å²) < 4.78 is 0. The van der Waals surface area contributed by atoms with Gasteiger partial charge in [-0.1, -0.05) is 13.8 Å². The van der Waals surface area contributed by atoms with Crippen LogP contribution in [0.15, 0.2) is 0 Å². The van der Waals surface area contributed by atoms with Crippen LogP contribution in [0.1, 0.15) is 31.7 Å². The van der Waals surface area contributed by atoms with Gasteiger partial charge in [-0.3, -0.25) is 0 Å². The molecule has 4 heteroatoms. The van der Waals surface area contributed by atoms with E-state index < -0.39 is 0 Å². The Balaban J connectivity index is 2.24. The standard InChI is InChI=1S/C13H22N4/c1-8(2)11-5-6-17(7-11)13-9(3)12(14)15-10(4)16-13/h8,11H,5-7H2,1-4H3,(H2,14,15,16). The zero-order chi connectivity index (χ0) is 12.6. The molecule has 1 atom stereocenters. The summed E-state index contributed by atoms with van der Waals surface area (Å²) in [7, 11) is 0. The fraction of sp³-hybridized carbons (Fsp3) is 0.692. The van der Waals surface area contributed by atoms with E-state index in [2.05, 4.69) is 28.7 Å². The summed E-state index contributed by atoms with van der Waals surface area (Å²) in [5.41, 5.74) is 6.92. The van der Waals surface area contributed by atoms with Crippen LogP contribution >= 0.6 is 0 Å². The molecule has 1 saturated heterocycles. The highest BCUT2D eigenvalue weighted by Crippen LogP contribution is 2.30. The molecule has 1 unspecified atom stereocenters. The maximum absolute atomic E-state index is 5.91. The number of hydrogen-bond donors (Lipinski definition) is 1. The summed E-state index contributed by atoms with van der Waals surface area (Å²) in [6, 6.07) is 0. The lowest BCUT2D eigenvalue weighted by atomic mass is 9.95. The van der Waals surface area contributed by atoms with Gasteiger partial charge in [0.2, 0.25) is 0 Å². The van der Waals surface area contributed by atoms with Crippen LogP contribution in [0.3, 0.4) is 0 Å². The monoisotopic (exact) mass is 234 g/mol. The summed E-state index contributed by atoms with van der Waals surface area (Å²) >= 11 is 0. The van der Waals surface area contributed by atoms with Gasteiger partial charge in [0.25, 0.3) is 0 Å². The maximum atomic E-state index is 5.91. The SMILES string of the molecule is Cc1nc(N)c(C)c(N2CCC(C(C)C)C2)n1. The zero-order valence-corrected chi connectivity index (χ0v) is 11.2. The van der Waals surface area contributed by atoms with E-state index in [0.29, 0.717) is 5.82 Å². The van der Waals surface area contributed by atoms with Crippen LogP contribution in [0, 0.1) is 25.7 Å². The first-order valence-corrected chi connectivity index (χ1v) is 6.34. The Labute approximate surface area is 103 Å². The van der Waals surface area contributed by atoms with Crippen LogP contribution in [-0.4, -0.2) is 23.1 Å². The van der Waals surface area contributed by atoms with Crippen LogP contribution in [0.2, 0.25) is 0 Å². The van der Waals surface area contributed by atoms with Crippen molar-refractivity contribution in [1.82, 2.24) is 9.97 Å². The molecule has 2 heterocycles. The van der Waals surface area contributed by atoms with E-state index in [1.54, 1.807) is 0 Å². The van der Waals surface area contributed by atoms with Crippen molar-refractivity contribution in [3.8, 4) is 0 Å². The molecule has 0 aliphatic carbocycles. The van der Waals surface area contributed by atoms with E-state index in [-0.39, 0.29) is 0 Å². The molecule has 0 bridgehead atoms. The molecule has 0 saturated carbocycles. The fourth-order valence-corrected chi connectivity index (χ4v) is 2.47. The summed E-state index contributed by atoms with van der Waals surface area (Å²) in [4.78, 5) is 11.1. The Hall–Kier alpha value is -1.32. The first-order valence-electron chi connectivity index (χ1n) is 6.34. The molecule has 4 nitrogen and oxygen atoms in total. The van der Waals surface area contributed by atoms with Crippen LogP contribution in [-0.2, 0) is 0 Å². The Morgan fingerprint density at radius 2 is 2.00 bits per heavy atom. The summed E-state index contributed by atoms with van der Waals surface area (Å²) in [6.07, 6.45) is 1.25. The number of hydrogen-bond acceptors (Lipinski definition) is 4. The third-order valence-corrected chi connectivity index (χ3v) is 3.74. The second kappa shape index (κ2) is 4.51. The van der Waals surface area contributed by atoms with Gasteiger partial charge in [0.05, 0.1) is 0 Å². The Morgan fingerprint density at radius 3 is 2.59 bits per heavy atom. The number of rotatable bonds is 2. The van der Waals surface area contributed by atoms with E-state index in [1.807, 2.05) is 13.8 Å². The normalized spacial score (nSPS) is 20.3.